The number of piperazine rings is 1. The summed E-state index contributed by atoms with van der Waals surface area (Å²) in [6.45, 7) is 7.64. The van der Waals surface area contributed by atoms with Gasteiger partial charge in [0.1, 0.15) is 0 Å². The lowest BCUT2D eigenvalue weighted by Crippen LogP contribution is -2.50. The lowest BCUT2D eigenvalue weighted by Gasteiger charge is -2.39. The lowest BCUT2D eigenvalue weighted by molar-refractivity contribution is 0.231. The van der Waals surface area contributed by atoms with Gasteiger partial charge in [0.2, 0.25) is 0 Å². The van der Waals surface area contributed by atoms with E-state index in [4.69, 9.17) is 5.73 Å². The molecule has 3 rings (SSSR count). The van der Waals surface area contributed by atoms with E-state index in [9.17, 15) is 0 Å². The van der Waals surface area contributed by atoms with Crippen LogP contribution in [-0.4, -0.2) is 37.1 Å². The van der Waals surface area contributed by atoms with Crippen molar-refractivity contribution in [2.45, 2.75) is 32.4 Å². The molecule has 0 aliphatic carbocycles. The first-order valence-corrected chi connectivity index (χ1v) is 7.06. The minimum absolute atomic E-state index is 0.639. The van der Waals surface area contributed by atoms with E-state index >= 15 is 0 Å². The molecule has 2 aliphatic rings. The minimum atomic E-state index is 0.639. The Kier molecular flexibility index (Phi) is 3.27. The van der Waals surface area contributed by atoms with Crippen molar-refractivity contribution in [3.05, 3.63) is 29.3 Å². The molecule has 0 bridgehead atoms. The Balaban J connectivity index is 1.84. The summed E-state index contributed by atoms with van der Waals surface area (Å²) in [5, 5.41) is 0. The van der Waals surface area contributed by atoms with E-state index < -0.39 is 0 Å². The predicted molar refractivity (Wildman–Crippen MR) is 75.9 cm³/mol. The molecule has 2 saturated heterocycles. The van der Waals surface area contributed by atoms with Gasteiger partial charge in [-0.15, -0.1) is 0 Å². The Morgan fingerprint density at radius 2 is 2.17 bits per heavy atom. The molecule has 2 aliphatic heterocycles. The predicted octanol–water partition coefficient (Wildman–Crippen LogP) is 1.74. The van der Waals surface area contributed by atoms with Gasteiger partial charge in [-0.2, -0.15) is 0 Å². The van der Waals surface area contributed by atoms with Gasteiger partial charge in [0.05, 0.1) is 0 Å². The van der Waals surface area contributed by atoms with Crippen molar-refractivity contribution in [1.82, 2.24) is 4.90 Å². The van der Waals surface area contributed by atoms with E-state index in [2.05, 4.69) is 34.9 Å². The molecule has 1 atom stereocenters. The normalized spacial score (nSPS) is 24.3. The molecule has 1 aromatic carbocycles. The van der Waals surface area contributed by atoms with Crippen LogP contribution in [0.1, 0.15) is 24.0 Å². The van der Waals surface area contributed by atoms with E-state index in [0.29, 0.717) is 6.54 Å². The Hall–Kier alpha value is -1.06. The molecular weight excluding hydrogens is 222 g/mol. The molecule has 0 spiro atoms. The standard InChI is InChI=1S/C15H23N3/c1-12-4-5-13(10-16)15(9-12)18-8-7-17-6-2-3-14(17)11-18/h4-5,9,14H,2-3,6-8,10-11,16H2,1H3. The van der Waals surface area contributed by atoms with Crippen molar-refractivity contribution < 1.29 is 0 Å². The number of aryl methyl sites for hydroxylation is 1. The number of fused-ring (bicyclic) bond motifs is 1. The van der Waals surface area contributed by atoms with Crippen molar-refractivity contribution in [3.63, 3.8) is 0 Å². The highest BCUT2D eigenvalue weighted by Crippen LogP contribution is 2.28. The highest BCUT2D eigenvalue weighted by atomic mass is 15.3. The molecule has 0 saturated carbocycles. The van der Waals surface area contributed by atoms with Gasteiger partial charge in [-0.1, -0.05) is 12.1 Å². The van der Waals surface area contributed by atoms with Crippen molar-refractivity contribution >= 4 is 5.69 Å². The van der Waals surface area contributed by atoms with Crippen LogP contribution in [0.15, 0.2) is 18.2 Å². The third-order valence-corrected chi connectivity index (χ3v) is 4.39. The van der Waals surface area contributed by atoms with Crippen LogP contribution in [0.5, 0.6) is 0 Å². The molecule has 0 amide bonds. The second-order valence-electron chi connectivity index (χ2n) is 5.61. The summed E-state index contributed by atoms with van der Waals surface area (Å²) in [7, 11) is 0. The lowest BCUT2D eigenvalue weighted by atomic mass is 10.1. The average Bonchev–Trinajstić information content (AvgIpc) is 2.85. The summed E-state index contributed by atoms with van der Waals surface area (Å²) >= 11 is 0. The number of hydrogen-bond donors (Lipinski definition) is 1. The quantitative estimate of drug-likeness (QED) is 0.861. The van der Waals surface area contributed by atoms with Crippen LogP contribution in [0, 0.1) is 6.92 Å². The Morgan fingerprint density at radius 1 is 1.28 bits per heavy atom. The van der Waals surface area contributed by atoms with E-state index in [1.54, 1.807) is 0 Å². The van der Waals surface area contributed by atoms with Gasteiger partial charge in [-0.25, -0.2) is 0 Å². The fourth-order valence-corrected chi connectivity index (χ4v) is 3.35. The van der Waals surface area contributed by atoms with Gasteiger partial charge in [0.25, 0.3) is 0 Å². The largest absolute Gasteiger partial charge is 0.368 e. The van der Waals surface area contributed by atoms with Crippen LogP contribution in [0.25, 0.3) is 0 Å². The average molecular weight is 245 g/mol. The molecule has 3 nitrogen and oxygen atoms in total. The van der Waals surface area contributed by atoms with Crippen molar-refractivity contribution in [2.24, 2.45) is 5.73 Å². The number of anilines is 1. The zero-order chi connectivity index (χ0) is 12.5. The molecule has 2 N–H and O–H groups in total. The summed E-state index contributed by atoms with van der Waals surface area (Å²) in [5.74, 6) is 0. The van der Waals surface area contributed by atoms with Crippen LogP contribution < -0.4 is 10.6 Å². The van der Waals surface area contributed by atoms with E-state index in [-0.39, 0.29) is 0 Å². The summed E-state index contributed by atoms with van der Waals surface area (Å²) in [6.07, 6.45) is 2.73. The van der Waals surface area contributed by atoms with Crippen molar-refractivity contribution in [2.75, 3.05) is 31.1 Å². The Bertz CT molecular complexity index is 430. The molecule has 2 fully saturated rings. The van der Waals surface area contributed by atoms with Gasteiger partial charge in [0, 0.05) is 37.9 Å². The maximum Gasteiger partial charge on any atom is 0.0415 e. The summed E-state index contributed by atoms with van der Waals surface area (Å²) < 4.78 is 0. The van der Waals surface area contributed by atoms with E-state index in [0.717, 1.165) is 12.6 Å². The third kappa shape index (κ3) is 2.13. The molecule has 0 aromatic heterocycles. The Labute approximate surface area is 110 Å². The number of rotatable bonds is 2. The fraction of sp³-hybridized carbons (Fsp3) is 0.600. The third-order valence-electron chi connectivity index (χ3n) is 4.39. The highest BCUT2D eigenvalue weighted by molar-refractivity contribution is 5.56. The van der Waals surface area contributed by atoms with Gasteiger partial charge < -0.3 is 10.6 Å². The van der Waals surface area contributed by atoms with Gasteiger partial charge >= 0.3 is 0 Å². The van der Waals surface area contributed by atoms with Crippen LogP contribution in [0.3, 0.4) is 0 Å². The molecule has 3 heteroatoms. The van der Waals surface area contributed by atoms with Crippen molar-refractivity contribution in [1.29, 1.82) is 0 Å². The van der Waals surface area contributed by atoms with E-state index in [1.165, 1.54) is 49.3 Å². The van der Waals surface area contributed by atoms with Gasteiger partial charge in [-0.05, 0) is 43.5 Å². The van der Waals surface area contributed by atoms with E-state index in [1.807, 2.05) is 0 Å². The fourth-order valence-electron chi connectivity index (χ4n) is 3.35. The number of hydrogen-bond acceptors (Lipinski definition) is 3. The van der Waals surface area contributed by atoms with Gasteiger partial charge in [-0.3, -0.25) is 4.90 Å². The second-order valence-corrected chi connectivity index (χ2v) is 5.61. The maximum absolute atomic E-state index is 5.88. The zero-order valence-corrected chi connectivity index (χ0v) is 11.2. The SMILES string of the molecule is Cc1ccc(CN)c(N2CCN3CCCC3C2)c1. The summed E-state index contributed by atoms with van der Waals surface area (Å²) in [4.78, 5) is 5.19. The van der Waals surface area contributed by atoms with Crippen molar-refractivity contribution in [3.8, 4) is 0 Å². The monoisotopic (exact) mass is 245 g/mol. The molecule has 1 unspecified atom stereocenters. The van der Waals surface area contributed by atoms with Crippen LogP contribution >= 0.6 is 0 Å². The van der Waals surface area contributed by atoms with Crippen LogP contribution in [0.4, 0.5) is 5.69 Å². The molecule has 2 heterocycles. The van der Waals surface area contributed by atoms with Gasteiger partial charge in [0.15, 0.2) is 0 Å². The second kappa shape index (κ2) is 4.90. The summed E-state index contributed by atoms with van der Waals surface area (Å²) in [5.41, 5.74) is 9.86. The topological polar surface area (TPSA) is 32.5 Å². The maximum atomic E-state index is 5.88. The first-order chi connectivity index (χ1) is 8.78. The molecule has 18 heavy (non-hydrogen) atoms. The summed E-state index contributed by atoms with van der Waals surface area (Å²) in [6, 6.07) is 7.42. The number of nitrogens with zero attached hydrogens (tertiary/aromatic N) is 2. The number of nitrogens with two attached hydrogens (primary N) is 1. The van der Waals surface area contributed by atoms with Crippen LogP contribution in [-0.2, 0) is 6.54 Å². The minimum Gasteiger partial charge on any atom is -0.368 e. The zero-order valence-electron chi connectivity index (χ0n) is 11.2. The highest BCUT2D eigenvalue weighted by Gasteiger charge is 2.31. The Morgan fingerprint density at radius 3 is 3.00 bits per heavy atom. The molecular formula is C15H23N3. The molecule has 1 aromatic rings. The number of benzene rings is 1. The molecule has 0 radical (unpaired) electrons. The molecule has 98 valence electrons. The first kappa shape index (κ1) is 12.0. The smallest absolute Gasteiger partial charge is 0.0415 e. The van der Waals surface area contributed by atoms with Crippen LogP contribution in [0.2, 0.25) is 0 Å². The first-order valence-electron chi connectivity index (χ1n) is 7.06.